The lowest BCUT2D eigenvalue weighted by molar-refractivity contribution is 0.648. The van der Waals surface area contributed by atoms with Gasteiger partial charge in [0.1, 0.15) is 5.69 Å². The number of nitrogens with two attached hydrogens (primary N) is 3. The van der Waals surface area contributed by atoms with Crippen LogP contribution in [0.15, 0.2) is 60.7 Å². The number of piperazine rings is 2. The van der Waals surface area contributed by atoms with E-state index in [4.69, 9.17) is 28.8 Å². The fourth-order valence-electron chi connectivity index (χ4n) is 6.52. The molecule has 12 heteroatoms. The predicted octanol–water partition coefficient (Wildman–Crippen LogP) is 5.40. The van der Waals surface area contributed by atoms with E-state index in [0.717, 1.165) is 75.1 Å². The van der Waals surface area contributed by atoms with E-state index in [9.17, 15) is 0 Å². The number of aromatic nitrogens is 4. The smallest absolute Gasteiger partial charge is 0.222 e. The van der Waals surface area contributed by atoms with Gasteiger partial charge >= 0.3 is 0 Å². The summed E-state index contributed by atoms with van der Waals surface area (Å²) in [5, 5.41) is 0.493. The van der Waals surface area contributed by atoms with Crippen LogP contribution in [0.1, 0.15) is 56.3 Å². The van der Waals surface area contributed by atoms with E-state index < -0.39 is 0 Å². The molecule has 4 fully saturated rings. The van der Waals surface area contributed by atoms with Gasteiger partial charge in [0.15, 0.2) is 11.0 Å². The monoisotopic (exact) mass is 655 g/mol. The van der Waals surface area contributed by atoms with E-state index in [-0.39, 0.29) is 19.3 Å². The summed E-state index contributed by atoms with van der Waals surface area (Å²) in [5.74, 6) is 2.09. The minimum absolute atomic E-state index is 0. The lowest BCUT2D eigenvalue weighted by Crippen LogP contribution is -2.47. The molecular formula is C35H46ClN11. The molecule has 4 heterocycles. The first kappa shape index (κ1) is 32.4. The molecule has 0 amide bonds. The first-order valence-corrected chi connectivity index (χ1v) is 16.7. The summed E-state index contributed by atoms with van der Waals surface area (Å²) in [5.41, 5.74) is 24.4. The van der Waals surface area contributed by atoms with Crippen LogP contribution in [-0.4, -0.2) is 72.3 Å². The molecule has 2 aliphatic heterocycles. The summed E-state index contributed by atoms with van der Waals surface area (Å²) in [7, 11) is 0. The summed E-state index contributed by atoms with van der Waals surface area (Å²) >= 11 is 6.41. The van der Waals surface area contributed by atoms with Gasteiger partial charge in [-0.2, -0.15) is 9.97 Å². The number of halogens is 1. The van der Waals surface area contributed by atoms with Crippen LogP contribution in [0.4, 0.5) is 40.5 Å². The van der Waals surface area contributed by atoms with Crippen molar-refractivity contribution < 1.29 is 0 Å². The van der Waals surface area contributed by atoms with Crippen molar-refractivity contribution in [2.24, 2.45) is 0 Å². The number of hydrogen-bond acceptors (Lipinski definition) is 11. The maximum Gasteiger partial charge on any atom is 0.222 e. The molecule has 2 saturated heterocycles. The Morgan fingerprint density at radius 3 is 1.34 bits per heavy atom. The van der Waals surface area contributed by atoms with Gasteiger partial charge in [0.25, 0.3) is 0 Å². The molecule has 2 saturated carbocycles. The molecule has 0 spiro atoms. The molecule has 4 aliphatic rings. The summed E-state index contributed by atoms with van der Waals surface area (Å²) < 4.78 is 0. The van der Waals surface area contributed by atoms with Crippen molar-refractivity contribution in [1.82, 2.24) is 19.9 Å². The fraction of sp³-hybridized carbons (Fsp3) is 0.429. The first-order valence-electron chi connectivity index (χ1n) is 16.3. The Balaban J connectivity index is 0.000000161. The average molecular weight is 656 g/mol. The Labute approximate surface area is 282 Å². The number of anilines is 7. The van der Waals surface area contributed by atoms with Crippen molar-refractivity contribution >= 4 is 52.1 Å². The topological polar surface area (TPSA) is 143 Å². The number of para-hydroxylation sites is 2. The van der Waals surface area contributed by atoms with Crippen molar-refractivity contribution in [3.63, 3.8) is 0 Å². The molecule has 0 unspecified atom stereocenters. The second-order valence-electron chi connectivity index (χ2n) is 12.5. The third-order valence-corrected chi connectivity index (χ3v) is 9.47. The zero-order valence-electron chi connectivity index (χ0n) is 26.1. The van der Waals surface area contributed by atoms with Crippen LogP contribution >= 0.6 is 11.6 Å². The van der Waals surface area contributed by atoms with Crippen molar-refractivity contribution in [2.45, 2.75) is 44.9 Å². The minimum atomic E-state index is 0. The average Bonchev–Trinajstić information content (AvgIpc) is 4.00. The maximum atomic E-state index is 6.41. The van der Waals surface area contributed by atoms with Crippen LogP contribution < -0.4 is 36.8 Å². The Morgan fingerprint density at radius 2 is 0.894 bits per heavy atom. The lowest BCUT2D eigenvalue weighted by Gasteiger charge is -2.38. The second kappa shape index (κ2) is 14.1. The van der Waals surface area contributed by atoms with E-state index in [1.807, 2.05) is 12.1 Å². The molecule has 47 heavy (non-hydrogen) atoms. The normalized spacial score (nSPS) is 17.9. The van der Waals surface area contributed by atoms with Gasteiger partial charge in [0.2, 0.25) is 11.9 Å². The minimum Gasteiger partial charge on any atom is -0.382 e. The molecule has 2 aromatic carbocycles. The van der Waals surface area contributed by atoms with Crippen molar-refractivity contribution in [3.8, 4) is 0 Å². The van der Waals surface area contributed by atoms with Gasteiger partial charge in [-0.1, -0.05) is 55.4 Å². The second-order valence-corrected chi connectivity index (χ2v) is 12.8. The lowest BCUT2D eigenvalue weighted by atomic mass is 10.1. The fourth-order valence-corrected chi connectivity index (χ4v) is 6.83. The molecule has 4 aromatic rings. The van der Waals surface area contributed by atoms with E-state index in [1.165, 1.54) is 37.1 Å². The highest BCUT2D eigenvalue weighted by molar-refractivity contribution is 6.32. The Bertz CT molecular complexity index is 1510. The summed E-state index contributed by atoms with van der Waals surface area (Å²) in [6.07, 6.45) is 4.69. The Kier molecular flexibility index (Phi) is 9.72. The number of hydrogen-bond donors (Lipinski definition) is 3. The molecule has 6 N–H and O–H groups in total. The largest absolute Gasteiger partial charge is 0.382 e. The Morgan fingerprint density at radius 1 is 0.511 bits per heavy atom. The van der Waals surface area contributed by atoms with Crippen LogP contribution in [-0.2, 0) is 0 Å². The van der Waals surface area contributed by atoms with Gasteiger partial charge in [-0.05, 0) is 49.9 Å². The highest BCUT2D eigenvalue weighted by Gasteiger charge is 2.34. The zero-order chi connectivity index (χ0) is 31.6. The van der Waals surface area contributed by atoms with Crippen LogP contribution in [0.3, 0.4) is 0 Å². The van der Waals surface area contributed by atoms with Gasteiger partial charge < -0.3 is 36.8 Å². The molecule has 248 valence electrons. The summed E-state index contributed by atoms with van der Waals surface area (Å²) in [4.78, 5) is 26.8. The van der Waals surface area contributed by atoms with Crippen molar-refractivity contribution in [3.05, 3.63) is 77.2 Å². The van der Waals surface area contributed by atoms with Crippen molar-refractivity contribution in [1.29, 1.82) is 0 Å². The van der Waals surface area contributed by atoms with E-state index in [1.54, 1.807) is 0 Å². The molecular weight excluding hydrogens is 610 g/mol. The summed E-state index contributed by atoms with van der Waals surface area (Å²) in [6.45, 7) is 7.56. The molecule has 0 bridgehead atoms. The van der Waals surface area contributed by atoms with Crippen LogP contribution in [0.5, 0.6) is 0 Å². The quantitative estimate of drug-likeness (QED) is 0.230. The van der Waals surface area contributed by atoms with E-state index >= 15 is 0 Å². The van der Waals surface area contributed by atoms with Crippen LogP contribution in [0.25, 0.3) is 0 Å². The van der Waals surface area contributed by atoms with Gasteiger partial charge in [-0.15, -0.1) is 0 Å². The first-order chi connectivity index (χ1) is 22.4. The maximum absolute atomic E-state index is 6.41. The predicted molar refractivity (Wildman–Crippen MR) is 195 cm³/mol. The van der Waals surface area contributed by atoms with E-state index in [2.05, 4.69) is 88.1 Å². The molecule has 8 rings (SSSR count). The van der Waals surface area contributed by atoms with Gasteiger partial charge in [-0.3, -0.25) is 0 Å². The molecule has 2 aromatic heterocycles. The SMILES string of the molecule is C.Nc1nc(Cl)c(N2CCN(c3ccccc3)CC2)c(C2CC2)n1.Nc1nc(N)c(N2CCN(c3ccccc3)CC2)c(C2CC2)n1. The van der Waals surface area contributed by atoms with Gasteiger partial charge in [-0.25, -0.2) is 9.97 Å². The summed E-state index contributed by atoms with van der Waals surface area (Å²) in [6, 6.07) is 21.1. The standard InChI is InChI=1S/C17H20ClN5.C17H22N6.CH4/c2*18-16-15(14(12-6-7-12)20-17(19)21-16)23-10-8-22(9-11-23)13-4-2-1-3-5-13;/h1-5,12H,6-11H2,(H2,19,20,21);1-5,12H,6-11H2,(H4,18,19,20,21);1H4. The number of nitrogens with zero attached hydrogens (tertiary/aromatic N) is 8. The van der Waals surface area contributed by atoms with Gasteiger partial charge in [0, 0.05) is 75.6 Å². The highest BCUT2D eigenvalue weighted by atomic mass is 35.5. The van der Waals surface area contributed by atoms with Gasteiger partial charge in [0.05, 0.1) is 17.1 Å². The highest BCUT2D eigenvalue weighted by Crippen LogP contribution is 2.46. The third-order valence-electron chi connectivity index (χ3n) is 9.20. The van der Waals surface area contributed by atoms with E-state index in [0.29, 0.717) is 22.8 Å². The number of rotatable bonds is 6. The zero-order valence-corrected chi connectivity index (χ0v) is 26.9. The third kappa shape index (κ3) is 7.40. The molecule has 0 radical (unpaired) electrons. The number of nitrogen functional groups attached to an aromatic ring is 3. The molecule has 11 nitrogen and oxygen atoms in total. The Hall–Kier alpha value is -4.51. The van der Waals surface area contributed by atoms with Crippen LogP contribution in [0.2, 0.25) is 5.15 Å². The molecule has 0 atom stereocenters. The van der Waals surface area contributed by atoms with Crippen molar-refractivity contribution in [2.75, 3.05) is 89.2 Å². The molecule has 2 aliphatic carbocycles. The number of benzene rings is 2. The van der Waals surface area contributed by atoms with Crippen LogP contribution in [0, 0.1) is 0 Å².